The molecule has 1 aromatic carbocycles. The summed E-state index contributed by atoms with van der Waals surface area (Å²) in [4.78, 5) is 5.45. The molecule has 3 heterocycles. The Morgan fingerprint density at radius 3 is 3.05 bits per heavy atom. The molecule has 3 aliphatic heterocycles. The van der Waals surface area contributed by atoms with Crippen LogP contribution in [0.25, 0.3) is 0 Å². The highest BCUT2D eigenvalue weighted by molar-refractivity contribution is 5.33. The Kier molecular flexibility index (Phi) is 3.97. The van der Waals surface area contributed by atoms with E-state index in [9.17, 15) is 0 Å². The average molecular weight is 285 g/mol. The van der Waals surface area contributed by atoms with Crippen molar-refractivity contribution in [1.29, 1.82) is 0 Å². The molecule has 0 bridgehead atoms. The number of rotatable bonds is 2. The van der Waals surface area contributed by atoms with Gasteiger partial charge in [0.25, 0.3) is 0 Å². The van der Waals surface area contributed by atoms with E-state index < -0.39 is 0 Å². The van der Waals surface area contributed by atoms with Crippen LogP contribution in [0.15, 0.2) is 24.3 Å². The van der Waals surface area contributed by atoms with Crippen LogP contribution in [0.2, 0.25) is 0 Å². The number of hydrogen-bond acceptors (Lipinski definition) is 3. The van der Waals surface area contributed by atoms with Gasteiger partial charge >= 0.3 is 0 Å². The van der Waals surface area contributed by atoms with Gasteiger partial charge in [-0.1, -0.05) is 30.7 Å². The Hall–Kier alpha value is -0.900. The molecule has 0 amide bonds. The summed E-state index contributed by atoms with van der Waals surface area (Å²) in [6.07, 6.45) is 4.26. The number of nitrogens with zero attached hydrogens (tertiary/aromatic N) is 2. The largest absolute Gasteiger partial charge is 0.312 e. The van der Waals surface area contributed by atoms with Crippen LogP contribution in [0.1, 0.15) is 36.3 Å². The van der Waals surface area contributed by atoms with Crippen molar-refractivity contribution in [1.82, 2.24) is 15.1 Å². The third kappa shape index (κ3) is 2.87. The van der Waals surface area contributed by atoms with Crippen molar-refractivity contribution in [2.45, 2.75) is 37.8 Å². The van der Waals surface area contributed by atoms with Crippen molar-refractivity contribution in [3.63, 3.8) is 0 Å². The smallest absolute Gasteiger partial charge is 0.0223 e. The first kappa shape index (κ1) is 13.7. The van der Waals surface area contributed by atoms with Crippen LogP contribution in [0.3, 0.4) is 0 Å². The molecule has 1 aromatic rings. The molecule has 0 aromatic heterocycles. The molecule has 0 spiro atoms. The average Bonchev–Trinajstić information content (AvgIpc) is 2.55. The van der Waals surface area contributed by atoms with Crippen LogP contribution in [-0.2, 0) is 6.54 Å². The fraction of sp³-hybridized carbons (Fsp3) is 0.667. The van der Waals surface area contributed by atoms with E-state index in [4.69, 9.17) is 0 Å². The summed E-state index contributed by atoms with van der Waals surface area (Å²) < 4.78 is 0. The van der Waals surface area contributed by atoms with Crippen LogP contribution in [-0.4, -0.2) is 55.1 Å². The fourth-order valence-electron chi connectivity index (χ4n) is 4.45. The van der Waals surface area contributed by atoms with Crippen molar-refractivity contribution in [3.8, 4) is 0 Å². The van der Waals surface area contributed by atoms with E-state index in [1.165, 1.54) is 57.5 Å². The lowest BCUT2D eigenvalue weighted by Gasteiger charge is -2.45. The molecule has 0 radical (unpaired) electrons. The third-order valence-electron chi connectivity index (χ3n) is 5.60. The van der Waals surface area contributed by atoms with Gasteiger partial charge in [0.1, 0.15) is 0 Å². The molecule has 2 atom stereocenters. The van der Waals surface area contributed by atoms with Crippen molar-refractivity contribution in [2.75, 3.05) is 39.3 Å². The van der Waals surface area contributed by atoms with Gasteiger partial charge in [0.15, 0.2) is 0 Å². The topological polar surface area (TPSA) is 18.5 Å². The van der Waals surface area contributed by atoms with E-state index in [-0.39, 0.29) is 0 Å². The van der Waals surface area contributed by atoms with Gasteiger partial charge in [-0.25, -0.2) is 0 Å². The maximum absolute atomic E-state index is 3.60. The van der Waals surface area contributed by atoms with Crippen LogP contribution < -0.4 is 5.32 Å². The number of hydrogen-bond donors (Lipinski definition) is 1. The second kappa shape index (κ2) is 6.07. The van der Waals surface area contributed by atoms with Crippen LogP contribution in [0, 0.1) is 0 Å². The molecule has 114 valence electrons. The number of piperazine rings is 1. The lowest BCUT2D eigenvalue weighted by Crippen LogP contribution is -2.55. The second-order valence-electron chi connectivity index (χ2n) is 6.97. The highest BCUT2D eigenvalue weighted by atomic mass is 15.3. The van der Waals surface area contributed by atoms with Gasteiger partial charge in [0.2, 0.25) is 0 Å². The van der Waals surface area contributed by atoms with Crippen LogP contribution in [0.4, 0.5) is 0 Å². The molecule has 3 nitrogen and oxygen atoms in total. The van der Waals surface area contributed by atoms with Gasteiger partial charge in [-0.3, -0.25) is 9.80 Å². The number of fused-ring (bicyclic) bond motifs is 2. The Balaban J connectivity index is 1.43. The first-order valence-electron chi connectivity index (χ1n) is 8.65. The highest BCUT2D eigenvalue weighted by Gasteiger charge is 2.30. The summed E-state index contributed by atoms with van der Waals surface area (Å²) in [5, 5.41) is 3.60. The number of nitrogens with one attached hydrogen (secondary N) is 1. The summed E-state index contributed by atoms with van der Waals surface area (Å²) in [7, 11) is 0. The minimum Gasteiger partial charge on any atom is -0.312 e. The standard InChI is InChI=1S/C18H27N3/c1-2-7-18-15(5-1)11-19-12-16(18)13-20-9-10-21-8-4-3-6-17(21)14-20/h1-2,5,7,16-17,19H,3-4,6,8-14H2. The maximum Gasteiger partial charge on any atom is 0.0223 e. The summed E-state index contributed by atoms with van der Waals surface area (Å²) in [5.41, 5.74) is 3.09. The lowest BCUT2D eigenvalue weighted by atomic mass is 9.90. The van der Waals surface area contributed by atoms with Gasteiger partial charge in [-0.2, -0.15) is 0 Å². The Bertz CT molecular complexity index is 487. The van der Waals surface area contributed by atoms with E-state index >= 15 is 0 Å². The zero-order chi connectivity index (χ0) is 14.1. The second-order valence-corrected chi connectivity index (χ2v) is 6.97. The van der Waals surface area contributed by atoms with Gasteiger partial charge in [-0.05, 0) is 30.5 Å². The van der Waals surface area contributed by atoms with Gasteiger partial charge in [0.05, 0.1) is 0 Å². The van der Waals surface area contributed by atoms with E-state index in [2.05, 4.69) is 39.4 Å². The van der Waals surface area contributed by atoms with Crippen molar-refractivity contribution in [3.05, 3.63) is 35.4 Å². The Labute approximate surface area is 128 Å². The molecule has 3 aliphatic rings. The Morgan fingerprint density at radius 2 is 2.05 bits per heavy atom. The molecule has 2 fully saturated rings. The predicted molar refractivity (Wildman–Crippen MR) is 86.5 cm³/mol. The monoisotopic (exact) mass is 285 g/mol. The van der Waals surface area contributed by atoms with Crippen molar-refractivity contribution in [2.24, 2.45) is 0 Å². The number of piperidine rings is 1. The summed E-state index contributed by atoms with van der Waals surface area (Å²) in [5.74, 6) is 0.671. The Morgan fingerprint density at radius 1 is 1.10 bits per heavy atom. The molecule has 0 aliphatic carbocycles. The van der Waals surface area contributed by atoms with Crippen molar-refractivity contribution < 1.29 is 0 Å². The first-order chi connectivity index (χ1) is 10.4. The molecule has 0 saturated carbocycles. The van der Waals surface area contributed by atoms with Gasteiger partial charge < -0.3 is 5.32 Å². The summed E-state index contributed by atoms with van der Waals surface area (Å²) in [6.45, 7) is 8.59. The van der Waals surface area contributed by atoms with E-state index in [1.807, 2.05) is 0 Å². The molecule has 4 rings (SSSR count). The minimum atomic E-state index is 0.671. The quantitative estimate of drug-likeness (QED) is 0.897. The summed E-state index contributed by atoms with van der Waals surface area (Å²) in [6, 6.07) is 9.84. The molecule has 21 heavy (non-hydrogen) atoms. The zero-order valence-electron chi connectivity index (χ0n) is 12.9. The van der Waals surface area contributed by atoms with Gasteiger partial charge in [0, 0.05) is 51.2 Å². The van der Waals surface area contributed by atoms with E-state index in [1.54, 1.807) is 5.56 Å². The predicted octanol–water partition coefficient (Wildman–Crippen LogP) is 2.04. The van der Waals surface area contributed by atoms with Gasteiger partial charge in [-0.15, -0.1) is 0 Å². The van der Waals surface area contributed by atoms with Crippen molar-refractivity contribution >= 4 is 0 Å². The van der Waals surface area contributed by atoms with Crippen LogP contribution >= 0.6 is 0 Å². The fourth-order valence-corrected chi connectivity index (χ4v) is 4.45. The number of benzene rings is 1. The third-order valence-corrected chi connectivity index (χ3v) is 5.60. The first-order valence-corrected chi connectivity index (χ1v) is 8.65. The minimum absolute atomic E-state index is 0.671. The zero-order valence-corrected chi connectivity index (χ0v) is 12.9. The molecule has 1 N–H and O–H groups in total. The highest BCUT2D eigenvalue weighted by Crippen LogP contribution is 2.27. The van der Waals surface area contributed by atoms with E-state index in [0.717, 1.165) is 19.1 Å². The molecule has 2 saturated heterocycles. The lowest BCUT2D eigenvalue weighted by molar-refractivity contribution is 0.0460. The molecular weight excluding hydrogens is 258 g/mol. The molecule has 3 heteroatoms. The maximum atomic E-state index is 3.60. The summed E-state index contributed by atoms with van der Waals surface area (Å²) >= 11 is 0. The molecular formula is C18H27N3. The van der Waals surface area contributed by atoms with Crippen LogP contribution in [0.5, 0.6) is 0 Å². The normalized spacial score (nSPS) is 30.7. The van der Waals surface area contributed by atoms with E-state index in [0.29, 0.717) is 5.92 Å². The molecule has 2 unspecified atom stereocenters. The SMILES string of the molecule is c1ccc2c(c1)CNCC2CN1CCN2CCCCC2C1.